The Morgan fingerprint density at radius 3 is 2.31 bits per heavy atom. The SMILES string of the molecule is COc1cc(C(=O)N2CCNC(C)C2C)cc(OC)c1OCc1ccccc1.Cl. The Hall–Kier alpha value is -2.44. The monoisotopic (exact) mass is 420 g/mol. The largest absolute Gasteiger partial charge is 0.493 e. The average Bonchev–Trinajstić information content (AvgIpc) is 2.73. The van der Waals surface area contributed by atoms with Crippen molar-refractivity contribution >= 4 is 18.3 Å². The fraction of sp³-hybridized carbons (Fsp3) is 0.409. The van der Waals surface area contributed by atoms with Crippen molar-refractivity contribution in [3.05, 3.63) is 53.6 Å². The molecule has 1 aliphatic heterocycles. The molecule has 1 N–H and O–H groups in total. The van der Waals surface area contributed by atoms with Gasteiger partial charge in [0.15, 0.2) is 11.5 Å². The third-order valence-electron chi connectivity index (χ3n) is 5.23. The summed E-state index contributed by atoms with van der Waals surface area (Å²) in [7, 11) is 3.13. The number of carbonyl (C=O) groups excluding carboxylic acids is 1. The molecule has 0 radical (unpaired) electrons. The topological polar surface area (TPSA) is 60.0 Å². The molecule has 7 heteroatoms. The minimum Gasteiger partial charge on any atom is -0.493 e. The summed E-state index contributed by atoms with van der Waals surface area (Å²) in [5, 5.41) is 3.39. The molecule has 1 fully saturated rings. The molecule has 2 unspecified atom stereocenters. The number of rotatable bonds is 6. The van der Waals surface area contributed by atoms with Crippen LogP contribution >= 0.6 is 12.4 Å². The summed E-state index contributed by atoms with van der Waals surface area (Å²) < 4.78 is 17.0. The number of nitrogens with one attached hydrogen (secondary N) is 1. The summed E-state index contributed by atoms with van der Waals surface area (Å²) in [6.07, 6.45) is 0. The van der Waals surface area contributed by atoms with Gasteiger partial charge in [-0.15, -0.1) is 12.4 Å². The first-order valence-corrected chi connectivity index (χ1v) is 9.52. The quantitative estimate of drug-likeness (QED) is 0.774. The third-order valence-corrected chi connectivity index (χ3v) is 5.23. The van der Waals surface area contributed by atoms with Crippen molar-refractivity contribution in [3.8, 4) is 17.2 Å². The maximum absolute atomic E-state index is 13.1. The molecule has 0 aliphatic carbocycles. The number of amides is 1. The molecule has 3 rings (SSSR count). The first-order chi connectivity index (χ1) is 13.5. The zero-order valence-corrected chi connectivity index (χ0v) is 18.1. The van der Waals surface area contributed by atoms with Gasteiger partial charge in [0.05, 0.1) is 14.2 Å². The number of nitrogens with zero attached hydrogens (tertiary/aromatic N) is 1. The molecule has 6 nitrogen and oxygen atoms in total. The number of piperazine rings is 1. The standard InChI is InChI=1S/C22H28N2O4.ClH/c1-15-16(2)24(11-10-23-15)22(25)18-12-19(26-3)21(20(13-18)27-4)28-14-17-8-6-5-7-9-17;/h5-9,12-13,15-16,23H,10-11,14H2,1-4H3;1H. The summed E-state index contributed by atoms with van der Waals surface area (Å²) in [5.41, 5.74) is 1.57. The minimum atomic E-state index is -0.0351. The predicted octanol–water partition coefficient (Wildman–Crippen LogP) is 3.53. The van der Waals surface area contributed by atoms with Crippen molar-refractivity contribution in [2.24, 2.45) is 0 Å². The first-order valence-electron chi connectivity index (χ1n) is 9.52. The molecule has 1 aliphatic rings. The van der Waals surface area contributed by atoms with Crippen LogP contribution in [0.2, 0.25) is 0 Å². The van der Waals surface area contributed by atoms with E-state index in [0.717, 1.165) is 12.1 Å². The smallest absolute Gasteiger partial charge is 0.254 e. The van der Waals surface area contributed by atoms with Gasteiger partial charge in [0.2, 0.25) is 5.75 Å². The molecule has 0 bridgehead atoms. The van der Waals surface area contributed by atoms with Crippen molar-refractivity contribution in [1.29, 1.82) is 0 Å². The Labute approximate surface area is 178 Å². The second-order valence-electron chi connectivity index (χ2n) is 6.97. The molecule has 158 valence electrons. The van der Waals surface area contributed by atoms with Gasteiger partial charge in [0, 0.05) is 30.7 Å². The molecule has 29 heavy (non-hydrogen) atoms. The summed E-state index contributed by atoms with van der Waals surface area (Å²) in [6, 6.07) is 13.7. The maximum atomic E-state index is 13.1. The van der Waals surface area contributed by atoms with E-state index in [-0.39, 0.29) is 30.4 Å². The van der Waals surface area contributed by atoms with Gasteiger partial charge in [-0.3, -0.25) is 4.79 Å². The van der Waals surface area contributed by atoms with Crippen molar-refractivity contribution in [2.75, 3.05) is 27.3 Å². The Balaban J connectivity index is 0.00000300. The van der Waals surface area contributed by atoms with Crippen LogP contribution in [0.15, 0.2) is 42.5 Å². The lowest BCUT2D eigenvalue weighted by Crippen LogP contribution is -2.57. The van der Waals surface area contributed by atoms with Crippen molar-refractivity contribution in [1.82, 2.24) is 10.2 Å². The molecular formula is C22H29ClN2O4. The van der Waals surface area contributed by atoms with E-state index in [4.69, 9.17) is 14.2 Å². The first kappa shape index (κ1) is 22.8. The van der Waals surface area contributed by atoms with E-state index < -0.39 is 0 Å². The lowest BCUT2D eigenvalue weighted by atomic mass is 10.0. The summed E-state index contributed by atoms with van der Waals surface area (Å²) in [4.78, 5) is 15.0. The minimum absolute atomic E-state index is 0. The van der Waals surface area contributed by atoms with Crippen molar-refractivity contribution < 1.29 is 19.0 Å². The Bertz CT molecular complexity index is 791. The number of hydrogen-bond donors (Lipinski definition) is 1. The Morgan fingerprint density at radius 2 is 1.72 bits per heavy atom. The summed E-state index contributed by atoms with van der Waals surface area (Å²) >= 11 is 0. The Kier molecular flexibility index (Phi) is 8.17. The van der Waals surface area contributed by atoms with Crippen LogP contribution in [0.25, 0.3) is 0 Å². The van der Waals surface area contributed by atoms with Gasteiger partial charge in [0.25, 0.3) is 5.91 Å². The van der Waals surface area contributed by atoms with Crippen molar-refractivity contribution in [3.63, 3.8) is 0 Å². The molecule has 0 spiro atoms. The lowest BCUT2D eigenvalue weighted by molar-refractivity contribution is 0.0602. The molecule has 2 aromatic carbocycles. The van der Waals surface area contributed by atoms with Crippen LogP contribution in [0.1, 0.15) is 29.8 Å². The number of halogens is 1. The van der Waals surface area contributed by atoms with E-state index in [1.54, 1.807) is 26.4 Å². The molecule has 1 saturated heterocycles. The third kappa shape index (κ3) is 5.14. The highest BCUT2D eigenvalue weighted by Crippen LogP contribution is 2.39. The fourth-order valence-corrected chi connectivity index (χ4v) is 3.38. The normalized spacial score (nSPS) is 18.6. The van der Waals surface area contributed by atoms with Crippen LogP contribution in [0.4, 0.5) is 0 Å². The number of methoxy groups -OCH3 is 2. The van der Waals surface area contributed by atoms with Crippen LogP contribution in [0.5, 0.6) is 17.2 Å². The number of hydrogen-bond acceptors (Lipinski definition) is 5. The number of ether oxygens (including phenoxy) is 3. The van der Waals surface area contributed by atoms with Gasteiger partial charge in [-0.05, 0) is 31.5 Å². The van der Waals surface area contributed by atoms with E-state index in [9.17, 15) is 4.79 Å². The fourth-order valence-electron chi connectivity index (χ4n) is 3.38. The second-order valence-corrected chi connectivity index (χ2v) is 6.97. The van der Waals surface area contributed by atoms with Gasteiger partial charge in [-0.2, -0.15) is 0 Å². The highest BCUT2D eigenvalue weighted by molar-refractivity contribution is 5.96. The van der Waals surface area contributed by atoms with Gasteiger partial charge >= 0.3 is 0 Å². The zero-order chi connectivity index (χ0) is 20.1. The summed E-state index contributed by atoms with van der Waals surface area (Å²) in [6.45, 7) is 5.98. The highest BCUT2D eigenvalue weighted by atomic mass is 35.5. The van der Waals surface area contributed by atoms with Gasteiger partial charge < -0.3 is 24.4 Å². The van der Waals surface area contributed by atoms with E-state index in [0.29, 0.717) is 36.0 Å². The maximum Gasteiger partial charge on any atom is 0.254 e. The molecule has 2 atom stereocenters. The Morgan fingerprint density at radius 1 is 1.10 bits per heavy atom. The summed E-state index contributed by atoms with van der Waals surface area (Å²) in [5.74, 6) is 1.42. The van der Waals surface area contributed by atoms with E-state index >= 15 is 0 Å². The second kappa shape index (κ2) is 10.4. The van der Waals surface area contributed by atoms with E-state index in [1.807, 2.05) is 35.2 Å². The molecule has 0 aromatic heterocycles. The number of carbonyl (C=O) groups is 1. The lowest BCUT2D eigenvalue weighted by Gasteiger charge is -2.38. The molecular weight excluding hydrogens is 392 g/mol. The molecule has 1 amide bonds. The van der Waals surface area contributed by atoms with Crippen molar-refractivity contribution in [2.45, 2.75) is 32.5 Å². The van der Waals surface area contributed by atoms with E-state index in [1.165, 1.54) is 0 Å². The van der Waals surface area contributed by atoms with Crippen LogP contribution in [-0.4, -0.2) is 50.2 Å². The van der Waals surface area contributed by atoms with Crippen LogP contribution in [-0.2, 0) is 6.61 Å². The highest BCUT2D eigenvalue weighted by Gasteiger charge is 2.30. The zero-order valence-electron chi connectivity index (χ0n) is 17.3. The van der Waals surface area contributed by atoms with Gasteiger partial charge in [-0.25, -0.2) is 0 Å². The molecule has 1 heterocycles. The van der Waals surface area contributed by atoms with Gasteiger partial charge in [0.1, 0.15) is 6.61 Å². The number of benzene rings is 2. The van der Waals surface area contributed by atoms with E-state index in [2.05, 4.69) is 19.2 Å². The average molecular weight is 421 g/mol. The molecule has 2 aromatic rings. The van der Waals surface area contributed by atoms with Crippen LogP contribution < -0.4 is 19.5 Å². The van der Waals surface area contributed by atoms with Gasteiger partial charge in [-0.1, -0.05) is 30.3 Å². The van der Waals surface area contributed by atoms with Crippen LogP contribution in [0.3, 0.4) is 0 Å². The molecule has 0 saturated carbocycles. The predicted molar refractivity (Wildman–Crippen MR) is 116 cm³/mol. The van der Waals surface area contributed by atoms with Crippen LogP contribution in [0, 0.1) is 0 Å².